The van der Waals surface area contributed by atoms with Crippen LogP contribution in [0.4, 0.5) is 14.6 Å². The molecular formula is C19H27F2N3O2S. The number of carboxylic acids is 1. The Morgan fingerprint density at radius 3 is 2.44 bits per heavy atom. The van der Waals surface area contributed by atoms with Gasteiger partial charge in [0.1, 0.15) is 11.5 Å². The van der Waals surface area contributed by atoms with E-state index in [1.54, 1.807) is 6.26 Å². The molecule has 1 aliphatic carbocycles. The summed E-state index contributed by atoms with van der Waals surface area (Å²) in [6.07, 6.45) is 8.15. The van der Waals surface area contributed by atoms with Crippen LogP contribution >= 0.6 is 11.8 Å². The Balaban J connectivity index is 1.65. The molecule has 1 saturated heterocycles. The normalized spacial score (nSPS) is 20.8. The first-order chi connectivity index (χ1) is 12.7. The van der Waals surface area contributed by atoms with Gasteiger partial charge in [0.25, 0.3) is 5.92 Å². The monoisotopic (exact) mass is 399 g/mol. The number of rotatable bonds is 5. The highest BCUT2D eigenvalue weighted by molar-refractivity contribution is 7.98. The predicted molar refractivity (Wildman–Crippen MR) is 101 cm³/mol. The van der Waals surface area contributed by atoms with Crippen LogP contribution in [0.1, 0.15) is 57.6 Å². The fourth-order valence-corrected chi connectivity index (χ4v) is 4.72. The molecule has 0 bridgehead atoms. The predicted octanol–water partition coefficient (Wildman–Crippen LogP) is 4.56. The average molecular weight is 400 g/mol. The minimum atomic E-state index is -2.98. The molecule has 2 fully saturated rings. The molecule has 1 aromatic heterocycles. The lowest BCUT2D eigenvalue weighted by molar-refractivity contribution is -0.138. The summed E-state index contributed by atoms with van der Waals surface area (Å²) >= 11 is 1.27. The third kappa shape index (κ3) is 4.89. The Bertz CT molecular complexity index is 678. The van der Waals surface area contributed by atoms with Gasteiger partial charge in [0.15, 0.2) is 5.16 Å². The van der Waals surface area contributed by atoms with E-state index in [-0.39, 0.29) is 17.5 Å². The number of carboxylic acid groups (broad SMARTS) is 1. The van der Waals surface area contributed by atoms with Gasteiger partial charge in [-0.05, 0) is 56.1 Å². The van der Waals surface area contributed by atoms with E-state index < -0.39 is 11.9 Å². The van der Waals surface area contributed by atoms with Crippen molar-refractivity contribution in [2.75, 3.05) is 24.2 Å². The van der Waals surface area contributed by atoms with Gasteiger partial charge in [-0.3, -0.25) is 4.79 Å². The largest absolute Gasteiger partial charge is 0.481 e. The molecule has 2 heterocycles. The number of thioether (sulfide) groups is 1. The molecule has 3 rings (SSSR count). The van der Waals surface area contributed by atoms with Gasteiger partial charge in [-0.2, -0.15) is 8.78 Å². The van der Waals surface area contributed by atoms with Crippen molar-refractivity contribution >= 4 is 23.5 Å². The molecule has 5 nitrogen and oxygen atoms in total. The van der Waals surface area contributed by atoms with Crippen LogP contribution in [0.3, 0.4) is 0 Å². The maximum atomic E-state index is 13.8. The Morgan fingerprint density at radius 2 is 1.93 bits per heavy atom. The zero-order valence-corrected chi connectivity index (χ0v) is 16.7. The van der Waals surface area contributed by atoms with Gasteiger partial charge in [-0.25, -0.2) is 9.97 Å². The van der Waals surface area contributed by atoms with E-state index in [9.17, 15) is 13.6 Å². The van der Waals surface area contributed by atoms with Crippen molar-refractivity contribution in [1.82, 2.24) is 9.97 Å². The molecule has 1 N–H and O–H groups in total. The van der Waals surface area contributed by atoms with E-state index in [0.717, 1.165) is 58.5 Å². The van der Waals surface area contributed by atoms with Crippen LogP contribution in [-0.2, 0) is 10.7 Å². The molecule has 1 saturated carbocycles. The van der Waals surface area contributed by atoms with Crippen LogP contribution in [0, 0.1) is 11.3 Å². The second-order valence-corrected chi connectivity index (χ2v) is 8.79. The Hall–Kier alpha value is -1.44. The number of nitrogens with zero attached hydrogens (tertiary/aromatic N) is 3. The number of hydrogen-bond donors (Lipinski definition) is 1. The van der Waals surface area contributed by atoms with Crippen molar-refractivity contribution in [1.29, 1.82) is 0 Å². The van der Waals surface area contributed by atoms with Gasteiger partial charge >= 0.3 is 5.97 Å². The Morgan fingerprint density at radius 1 is 1.30 bits per heavy atom. The van der Waals surface area contributed by atoms with Crippen LogP contribution in [0.25, 0.3) is 0 Å². The lowest BCUT2D eigenvalue weighted by Crippen LogP contribution is -2.42. The second-order valence-electron chi connectivity index (χ2n) is 8.01. The third-order valence-corrected chi connectivity index (χ3v) is 6.65. The fraction of sp³-hybridized carbons (Fsp3) is 0.737. The molecule has 0 aromatic carbocycles. The first-order valence-electron chi connectivity index (χ1n) is 9.49. The van der Waals surface area contributed by atoms with Gasteiger partial charge in [-0.15, -0.1) is 0 Å². The number of carbonyl (C=O) groups is 1. The Kier molecular flexibility index (Phi) is 5.93. The first-order valence-corrected chi connectivity index (χ1v) is 10.7. The van der Waals surface area contributed by atoms with Gasteiger partial charge in [0.05, 0.1) is 0 Å². The molecule has 1 aliphatic heterocycles. The highest BCUT2D eigenvalue weighted by Crippen LogP contribution is 2.47. The zero-order valence-electron chi connectivity index (χ0n) is 15.9. The molecule has 0 atom stereocenters. The van der Waals surface area contributed by atoms with Crippen molar-refractivity contribution in [3.05, 3.63) is 11.8 Å². The minimum absolute atomic E-state index is 0.230. The van der Waals surface area contributed by atoms with E-state index in [2.05, 4.69) is 14.9 Å². The van der Waals surface area contributed by atoms with Crippen LogP contribution < -0.4 is 4.90 Å². The van der Waals surface area contributed by atoms with Crippen LogP contribution in [-0.4, -0.2) is 40.4 Å². The van der Waals surface area contributed by atoms with Gasteiger partial charge in [-0.1, -0.05) is 11.8 Å². The van der Waals surface area contributed by atoms with Crippen molar-refractivity contribution in [3.63, 3.8) is 0 Å². The summed E-state index contributed by atoms with van der Waals surface area (Å²) in [5.41, 5.74) is 0.0459. The molecule has 2 aliphatic rings. The summed E-state index contributed by atoms with van der Waals surface area (Å²) in [4.78, 5) is 21.4. The van der Waals surface area contributed by atoms with E-state index in [1.165, 1.54) is 17.8 Å². The minimum Gasteiger partial charge on any atom is -0.481 e. The molecule has 0 radical (unpaired) electrons. The first kappa shape index (κ1) is 20.3. The average Bonchev–Trinajstić information content (AvgIpc) is 2.63. The summed E-state index contributed by atoms with van der Waals surface area (Å²) in [6.45, 7) is 2.45. The number of alkyl halides is 2. The van der Waals surface area contributed by atoms with E-state index in [4.69, 9.17) is 5.11 Å². The van der Waals surface area contributed by atoms with Crippen molar-refractivity contribution in [2.45, 2.75) is 62.9 Å². The lowest BCUT2D eigenvalue weighted by Gasteiger charge is -2.46. The number of halogens is 2. The standard InChI is InChI=1S/C19H27F2N3O2S/c1-18(20,21)14-12-15(23-17(22-14)27-2)24-9-7-19(8-10-24)5-3-13(4-6-19)11-16(25)26/h12-13H,3-11H2,1-2H3,(H,25,26). The van der Waals surface area contributed by atoms with E-state index in [0.29, 0.717) is 16.9 Å². The second kappa shape index (κ2) is 7.89. The van der Waals surface area contributed by atoms with Crippen LogP contribution in [0.15, 0.2) is 11.2 Å². The van der Waals surface area contributed by atoms with Crippen molar-refractivity contribution < 1.29 is 18.7 Å². The SMILES string of the molecule is CSc1nc(N2CCC3(CCC(CC(=O)O)CC3)CC2)cc(C(C)(F)F)n1. The molecule has 8 heteroatoms. The number of aromatic nitrogens is 2. The number of hydrogen-bond acceptors (Lipinski definition) is 5. The molecule has 0 unspecified atom stereocenters. The summed E-state index contributed by atoms with van der Waals surface area (Å²) in [7, 11) is 0. The van der Waals surface area contributed by atoms with Gasteiger partial charge < -0.3 is 10.0 Å². The van der Waals surface area contributed by atoms with Crippen LogP contribution in [0.2, 0.25) is 0 Å². The number of anilines is 1. The summed E-state index contributed by atoms with van der Waals surface area (Å²) < 4.78 is 27.5. The maximum Gasteiger partial charge on any atom is 0.303 e. The summed E-state index contributed by atoms with van der Waals surface area (Å²) in [5, 5.41) is 9.35. The smallest absolute Gasteiger partial charge is 0.303 e. The molecule has 1 spiro atoms. The van der Waals surface area contributed by atoms with E-state index in [1.807, 2.05) is 0 Å². The lowest BCUT2D eigenvalue weighted by atomic mass is 9.65. The summed E-state index contributed by atoms with van der Waals surface area (Å²) in [5.74, 6) is -2.81. The van der Waals surface area contributed by atoms with Crippen molar-refractivity contribution in [2.24, 2.45) is 11.3 Å². The quantitative estimate of drug-likeness (QED) is 0.578. The molecule has 0 amide bonds. The van der Waals surface area contributed by atoms with Gasteiger partial charge in [0, 0.05) is 32.5 Å². The third-order valence-electron chi connectivity index (χ3n) is 6.10. The van der Waals surface area contributed by atoms with Gasteiger partial charge in [0.2, 0.25) is 0 Å². The fourth-order valence-electron chi connectivity index (χ4n) is 4.34. The number of aliphatic carboxylic acids is 1. The molecule has 1 aromatic rings. The zero-order chi connectivity index (χ0) is 19.7. The topological polar surface area (TPSA) is 66.3 Å². The highest BCUT2D eigenvalue weighted by atomic mass is 32.2. The summed E-state index contributed by atoms with van der Waals surface area (Å²) in [6, 6.07) is 1.42. The molecule has 27 heavy (non-hydrogen) atoms. The number of piperidine rings is 1. The maximum absolute atomic E-state index is 13.8. The highest BCUT2D eigenvalue weighted by Gasteiger charge is 2.39. The molecular weight excluding hydrogens is 372 g/mol. The van der Waals surface area contributed by atoms with Crippen LogP contribution in [0.5, 0.6) is 0 Å². The Labute approximate surface area is 163 Å². The van der Waals surface area contributed by atoms with E-state index >= 15 is 0 Å². The molecule has 150 valence electrons. The van der Waals surface area contributed by atoms with Crippen molar-refractivity contribution in [3.8, 4) is 0 Å².